The second-order valence-electron chi connectivity index (χ2n) is 8.03. The number of halogens is 2. The lowest BCUT2D eigenvalue weighted by atomic mass is 10.1. The highest BCUT2D eigenvalue weighted by Crippen LogP contribution is 2.33. The number of aromatic amines is 2. The quantitative estimate of drug-likeness (QED) is 0.337. The lowest BCUT2D eigenvalue weighted by Gasteiger charge is -2.15. The lowest BCUT2D eigenvalue weighted by Crippen LogP contribution is -2.34. The summed E-state index contributed by atoms with van der Waals surface area (Å²) < 4.78 is 33.0. The summed E-state index contributed by atoms with van der Waals surface area (Å²) in [5.74, 6) is -1.01. The van der Waals surface area contributed by atoms with Crippen molar-refractivity contribution >= 4 is 22.8 Å². The third-order valence-electron chi connectivity index (χ3n) is 5.84. The molecule has 5 heterocycles. The molecule has 0 spiro atoms. The molecule has 0 bridgehead atoms. The van der Waals surface area contributed by atoms with Gasteiger partial charge in [-0.2, -0.15) is 4.98 Å². The second-order valence-corrected chi connectivity index (χ2v) is 8.44. The van der Waals surface area contributed by atoms with Crippen LogP contribution in [-0.4, -0.2) is 72.3 Å². The number of ether oxygens (including phenoxy) is 3. The van der Waals surface area contributed by atoms with Crippen LogP contribution in [0.4, 0.5) is 4.39 Å². The number of rotatable bonds is 4. The normalized spacial score (nSPS) is 24.1. The van der Waals surface area contributed by atoms with Crippen molar-refractivity contribution in [1.29, 1.82) is 0 Å². The third-order valence-corrected chi connectivity index (χ3v) is 6.13. The van der Waals surface area contributed by atoms with Crippen molar-refractivity contribution in [3.63, 3.8) is 0 Å². The van der Waals surface area contributed by atoms with Crippen LogP contribution < -0.4 is 10.4 Å². The molecule has 2 fully saturated rings. The summed E-state index contributed by atoms with van der Waals surface area (Å²) in [5, 5.41) is 19.5. The monoisotopic (exact) mass is 489 g/mol. The van der Waals surface area contributed by atoms with Gasteiger partial charge in [-0.1, -0.05) is 11.6 Å². The van der Waals surface area contributed by atoms with Gasteiger partial charge in [0.1, 0.15) is 24.1 Å². The summed E-state index contributed by atoms with van der Waals surface area (Å²) in [6.45, 7) is 0.419. The van der Waals surface area contributed by atoms with Gasteiger partial charge in [-0.05, 0) is 24.3 Å². The standard InChI is InChI=1S/C21H17ClFN5O6/c22-10-4-12-19(27-20(24-12)34-14-7-33-17-13(29)6-32-18(14)17)26-16(10)9-2-1-8(3-11(9)23)28-5-15(30)25-21(28)31/h1-5,13-14,17-18,29-30H,6-7H2,(H,25,31)(H,24,26,27)/t13-,14-,17-,18-/m1/s1. The van der Waals surface area contributed by atoms with Crippen LogP contribution in [0, 0.1) is 5.82 Å². The first-order chi connectivity index (χ1) is 16.4. The number of nitrogens with one attached hydrogen (secondary N) is 2. The minimum absolute atomic E-state index is 0.106. The van der Waals surface area contributed by atoms with Crippen molar-refractivity contribution in [2.24, 2.45) is 0 Å². The van der Waals surface area contributed by atoms with Crippen LogP contribution in [0.3, 0.4) is 0 Å². The highest BCUT2D eigenvalue weighted by molar-refractivity contribution is 6.33. The number of hydrogen-bond acceptors (Lipinski definition) is 8. The fourth-order valence-corrected chi connectivity index (χ4v) is 4.50. The number of pyridine rings is 1. The Morgan fingerprint density at radius 1 is 1.18 bits per heavy atom. The fourth-order valence-electron chi connectivity index (χ4n) is 4.25. The Morgan fingerprint density at radius 3 is 2.76 bits per heavy atom. The van der Waals surface area contributed by atoms with Crippen LogP contribution in [0.5, 0.6) is 11.9 Å². The van der Waals surface area contributed by atoms with Gasteiger partial charge >= 0.3 is 5.69 Å². The number of benzene rings is 1. The summed E-state index contributed by atoms with van der Waals surface area (Å²) in [6.07, 6.45) is -0.851. The molecular weight excluding hydrogens is 473 g/mol. The van der Waals surface area contributed by atoms with Gasteiger partial charge in [-0.3, -0.25) is 9.55 Å². The van der Waals surface area contributed by atoms with Crippen molar-refractivity contribution in [1.82, 2.24) is 24.5 Å². The number of imidazole rings is 2. The SMILES string of the molecule is O=c1[nH]c(O)cn1-c1ccc(-c2nc3nc(O[C@@H]4CO[C@H]5[C@@H]4OC[C@H]5O)[nH]c3cc2Cl)c(F)c1. The van der Waals surface area contributed by atoms with Crippen LogP contribution >= 0.6 is 11.6 Å². The molecule has 176 valence electrons. The number of aliphatic hydroxyl groups is 1. The molecule has 2 aliphatic heterocycles. The van der Waals surface area contributed by atoms with Crippen molar-refractivity contribution in [3.05, 3.63) is 51.8 Å². The maximum atomic E-state index is 15.0. The van der Waals surface area contributed by atoms with Gasteiger partial charge in [0.25, 0.3) is 6.01 Å². The number of H-pyrrole nitrogens is 2. The number of aromatic hydroxyl groups is 1. The van der Waals surface area contributed by atoms with Gasteiger partial charge in [0, 0.05) is 5.56 Å². The molecule has 2 aliphatic rings. The predicted octanol–water partition coefficient (Wildman–Crippen LogP) is 1.51. The van der Waals surface area contributed by atoms with Crippen molar-refractivity contribution in [2.75, 3.05) is 13.2 Å². The average Bonchev–Trinajstić information content (AvgIpc) is 3.54. The largest absolute Gasteiger partial charge is 0.493 e. The summed E-state index contributed by atoms with van der Waals surface area (Å²) in [5.41, 5.74) is 0.612. The topological polar surface area (TPSA) is 148 Å². The highest BCUT2D eigenvalue weighted by atomic mass is 35.5. The zero-order valence-corrected chi connectivity index (χ0v) is 18.0. The van der Waals surface area contributed by atoms with Crippen LogP contribution in [0.15, 0.2) is 35.3 Å². The Morgan fingerprint density at radius 2 is 2.00 bits per heavy atom. The van der Waals surface area contributed by atoms with E-state index >= 15 is 0 Å². The molecule has 4 aromatic rings. The van der Waals surface area contributed by atoms with Gasteiger partial charge in [0.05, 0.1) is 41.3 Å². The first kappa shape index (κ1) is 21.1. The predicted molar refractivity (Wildman–Crippen MR) is 116 cm³/mol. The molecule has 4 N–H and O–H groups in total. The summed E-state index contributed by atoms with van der Waals surface area (Å²) in [6, 6.07) is 5.80. The van der Waals surface area contributed by atoms with E-state index in [9.17, 15) is 19.4 Å². The Hall–Kier alpha value is -3.45. The summed E-state index contributed by atoms with van der Waals surface area (Å²) in [4.78, 5) is 25.7. The number of fused-ring (bicyclic) bond motifs is 2. The van der Waals surface area contributed by atoms with Crippen molar-refractivity contribution < 1.29 is 28.8 Å². The molecule has 1 aromatic carbocycles. The number of nitrogens with zero attached hydrogens (tertiary/aromatic N) is 3. The third kappa shape index (κ3) is 3.42. The van der Waals surface area contributed by atoms with Gasteiger partial charge in [-0.15, -0.1) is 0 Å². The lowest BCUT2D eigenvalue weighted by molar-refractivity contribution is 0.00706. The van der Waals surface area contributed by atoms with Gasteiger partial charge in [0.15, 0.2) is 11.8 Å². The van der Waals surface area contributed by atoms with E-state index in [2.05, 4.69) is 19.9 Å². The smallest absolute Gasteiger partial charge is 0.332 e. The zero-order chi connectivity index (χ0) is 23.6. The van der Waals surface area contributed by atoms with Crippen molar-refractivity contribution in [2.45, 2.75) is 24.4 Å². The maximum Gasteiger partial charge on any atom is 0.332 e. The maximum absolute atomic E-state index is 15.0. The molecular formula is C21H17ClFN5O6. The molecule has 3 aromatic heterocycles. The molecule has 11 nitrogen and oxygen atoms in total. The second kappa shape index (κ2) is 7.81. The Bertz CT molecular complexity index is 1470. The van der Waals surface area contributed by atoms with Crippen LogP contribution in [0.1, 0.15) is 0 Å². The molecule has 0 aliphatic carbocycles. The molecule has 0 unspecified atom stereocenters. The van der Waals surface area contributed by atoms with E-state index < -0.39 is 35.9 Å². The molecule has 34 heavy (non-hydrogen) atoms. The zero-order valence-electron chi connectivity index (χ0n) is 17.2. The highest BCUT2D eigenvalue weighted by Gasteiger charge is 2.48. The van der Waals surface area contributed by atoms with E-state index in [1.54, 1.807) is 6.07 Å². The minimum Gasteiger partial charge on any atom is -0.493 e. The van der Waals surface area contributed by atoms with Gasteiger partial charge in [0.2, 0.25) is 5.88 Å². The Balaban J connectivity index is 1.30. The Kier molecular flexibility index (Phi) is 4.85. The Labute approximate surface area is 194 Å². The van der Waals surface area contributed by atoms with E-state index in [1.165, 1.54) is 12.1 Å². The number of hydrogen-bond donors (Lipinski definition) is 4. The van der Waals surface area contributed by atoms with Crippen molar-refractivity contribution in [3.8, 4) is 28.8 Å². The molecule has 4 atom stereocenters. The molecule has 2 saturated heterocycles. The van der Waals surface area contributed by atoms with Crippen LogP contribution in [0.2, 0.25) is 5.02 Å². The van der Waals surface area contributed by atoms with E-state index in [0.29, 0.717) is 5.52 Å². The first-order valence-electron chi connectivity index (χ1n) is 10.3. The molecule has 0 radical (unpaired) electrons. The number of aliphatic hydroxyl groups excluding tert-OH is 1. The van der Waals surface area contributed by atoms with E-state index in [-0.39, 0.29) is 52.7 Å². The summed E-state index contributed by atoms with van der Waals surface area (Å²) in [7, 11) is 0. The van der Waals surface area contributed by atoms with Gasteiger partial charge < -0.3 is 29.4 Å². The minimum atomic E-state index is -0.694. The summed E-state index contributed by atoms with van der Waals surface area (Å²) >= 11 is 6.38. The molecule has 0 amide bonds. The van der Waals surface area contributed by atoms with E-state index in [0.717, 1.165) is 16.8 Å². The van der Waals surface area contributed by atoms with Crippen LogP contribution in [-0.2, 0) is 9.47 Å². The molecule has 6 rings (SSSR count). The first-order valence-corrected chi connectivity index (χ1v) is 10.7. The van der Waals surface area contributed by atoms with Crippen LogP contribution in [0.25, 0.3) is 28.1 Å². The van der Waals surface area contributed by atoms with E-state index in [1.807, 2.05) is 0 Å². The van der Waals surface area contributed by atoms with Gasteiger partial charge in [-0.25, -0.2) is 14.2 Å². The average molecular weight is 490 g/mol. The van der Waals surface area contributed by atoms with E-state index in [4.69, 9.17) is 25.8 Å². The fraction of sp³-hybridized carbons (Fsp3) is 0.286. The number of aromatic nitrogens is 5. The molecule has 13 heteroatoms. The molecule has 0 saturated carbocycles.